The lowest BCUT2D eigenvalue weighted by atomic mass is 10.3. The summed E-state index contributed by atoms with van der Waals surface area (Å²) in [5.41, 5.74) is 0. The molecule has 15 heavy (non-hydrogen) atoms. The lowest BCUT2D eigenvalue weighted by molar-refractivity contribution is 0.268. The summed E-state index contributed by atoms with van der Waals surface area (Å²) >= 11 is 3.37. The van der Waals surface area contributed by atoms with E-state index < -0.39 is 0 Å². The van der Waals surface area contributed by atoms with Crippen molar-refractivity contribution in [1.82, 2.24) is 10.2 Å². The van der Waals surface area contributed by atoms with Crippen molar-refractivity contribution < 1.29 is 4.42 Å². The third-order valence-electron chi connectivity index (χ3n) is 2.33. The van der Waals surface area contributed by atoms with Gasteiger partial charge in [0.15, 0.2) is 5.76 Å². The average Bonchev–Trinajstić information content (AvgIpc) is 2.66. The van der Waals surface area contributed by atoms with Gasteiger partial charge < -0.3 is 9.73 Å². The molecule has 1 aliphatic rings. The molecule has 4 heteroatoms. The molecule has 2 heterocycles. The van der Waals surface area contributed by atoms with Crippen LogP contribution in [0.2, 0.25) is 0 Å². The van der Waals surface area contributed by atoms with Crippen LogP contribution in [-0.2, 0) is 0 Å². The quantitative estimate of drug-likeness (QED) is 0.779. The topological polar surface area (TPSA) is 28.4 Å². The highest BCUT2D eigenvalue weighted by Crippen LogP contribution is 2.15. The Morgan fingerprint density at radius 1 is 1.47 bits per heavy atom. The number of piperazine rings is 1. The fraction of sp³-hybridized carbons (Fsp3) is 0.455. The Balaban J connectivity index is 1.87. The van der Waals surface area contributed by atoms with Gasteiger partial charge >= 0.3 is 0 Å². The summed E-state index contributed by atoms with van der Waals surface area (Å²) in [6, 6.07) is 1.86. The van der Waals surface area contributed by atoms with Crippen molar-refractivity contribution in [3.05, 3.63) is 22.6 Å². The summed E-state index contributed by atoms with van der Waals surface area (Å²) in [5.74, 6) is 6.85. The Labute approximate surface area is 98.0 Å². The summed E-state index contributed by atoms with van der Waals surface area (Å²) in [5, 5.41) is 3.31. The summed E-state index contributed by atoms with van der Waals surface area (Å²) < 4.78 is 6.13. The highest BCUT2D eigenvalue weighted by molar-refractivity contribution is 9.10. The van der Waals surface area contributed by atoms with E-state index in [0.717, 1.165) is 37.2 Å². The van der Waals surface area contributed by atoms with Gasteiger partial charge in [0.25, 0.3) is 0 Å². The van der Waals surface area contributed by atoms with Gasteiger partial charge in [-0.3, -0.25) is 4.90 Å². The molecule has 1 saturated heterocycles. The van der Waals surface area contributed by atoms with Crippen LogP contribution < -0.4 is 5.32 Å². The largest absolute Gasteiger partial charge is 0.455 e. The molecule has 0 aliphatic carbocycles. The summed E-state index contributed by atoms with van der Waals surface area (Å²) in [4.78, 5) is 2.33. The SMILES string of the molecule is Brc1ccoc1C#CCN1CCNCC1. The van der Waals surface area contributed by atoms with Gasteiger partial charge in [0, 0.05) is 26.2 Å². The Morgan fingerprint density at radius 3 is 2.93 bits per heavy atom. The van der Waals surface area contributed by atoms with Crippen molar-refractivity contribution in [2.24, 2.45) is 0 Å². The van der Waals surface area contributed by atoms with Crippen LogP contribution in [0.1, 0.15) is 5.76 Å². The highest BCUT2D eigenvalue weighted by Gasteiger charge is 2.06. The summed E-state index contributed by atoms with van der Waals surface area (Å²) in [6.45, 7) is 5.09. The van der Waals surface area contributed by atoms with E-state index in [1.54, 1.807) is 6.26 Å². The lowest BCUT2D eigenvalue weighted by Crippen LogP contribution is -2.43. The molecule has 1 aromatic heterocycles. The van der Waals surface area contributed by atoms with Crippen LogP contribution in [0.25, 0.3) is 0 Å². The number of halogens is 1. The molecule has 0 bridgehead atoms. The van der Waals surface area contributed by atoms with E-state index in [0.29, 0.717) is 5.76 Å². The second-order valence-electron chi connectivity index (χ2n) is 3.43. The van der Waals surface area contributed by atoms with E-state index in [9.17, 15) is 0 Å². The van der Waals surface area contributed by atoms with Crippen LogP contribution in [0.15, 0.2) is 21.2 Å². The van der Waals surface area contributed by atoms with Crippen LogP contribution in [0.3, 0.4) is 0 Å². The van der Waals surface area contributed by atoms with Gasteiger partial charge in [0.05, 0.1) is 17.3 Å². The van der Waals surface area contributed by atoms with E-state index in [4.69, 9.17) is 4.42 Å². The van der Waals surface area contributed by atoms with Gasteiger partial charge in [0.2, 0.25) is 0 Å². The van der Waals surface area contributed by atoms with Gasteiger partial charge in [-0.2, -0.15) is 0 Å². The van der Waals surface area contributed by atoms with Crippen LogP contribution >= 0.6 is 15.9 Å². The fourth-order valence-corrected chi connectivity index (χ4v) is 1.78. The third-order valence-corrected chi connectivity index (χ3v) is 2.96. The Morgan fingerprint density at radius 2 is 2.27 bits per heavy atom. The van der Waals surface area contributed by atoms with Crippen LogP contribution in [0, 0.1) is 11.8 Å². The van der Waals surface area contributed by atoms with Crippen molar-refractivity contribution >= 4 is 15.9 Å². The monoisotopic (exact) mass is 268 g/mol. The van der Waals surface area contributed by atoms with Crippen LogP contribution in [0.4, 0.5) is 0 Å². The molecule has 1 aliphatic heterocycles. The maximum Gasteiger partial charge on any atom is 0.190 e. The molecule has 3 nitrogen and oxygen atoms in total. The minimum Gasteiger partial charge on any atom is -0.455 e. The molecular formula is C11H13BrN2O. The standard InChI is InChI=1S/C11H13BrN2O/c12-10-3-9-15-11(10)2-1-6-14-7-4-13-5-8-14/h3,9,13H,4-8H2. The maximum absolute atomic E-state index is 5.20. The first-order valence-electron chi connectivity index (χ1n) is 5.01. The smallest absolute Gasteiger partial charge is 0.190 e. The number of rotatable bonds is 1. The molecular weight excluding hydrogens is 256 g/mol. The summed E-state index contributed by atoms with van der Waals surface area (Å²) in [7, 11) is 0. The molecule has 1 N–H and O–H groups in total. The Kier molecular flexibility index (Phi) is 3.84. The van der Waals surface area contributed by atoms with Crippen LogP contribution in [0.5, 0.6) is 0 Å². The number of nitrogens with zero attached hydrogens (tertiary/aromatic N) is 1. The predicted molar refractivity (Wildman–Crippen MR) is 62.6 cm³/mol. The van der Waals surface area contributed by atoms with E-state index in [-0.39, 0.29) is 0 Å². The number of nitrogens with one attached hydrogen (secondary N) is 1. The lowest BCUT2D eigenvalue weighted by Gasteiger charge is -2.24. The number of furan rings is 1. The van der Waals surface area contributed by atoms with Gasteiger partial charge in [-0.1, -0.05) is 5.92 Å². The summed E-state index contributed by atoms with van der Waals surface area (Å²) in [6.07, 6.45) is 1.64. The molecule has 80 valence electrons. The van der Waals surface area contributed by atoms with Crippen LogP contribution in [-0.4, -0.2) is 37.6 Å². The average molecular weight is 269 g/mol. The molecule has 0 radical (unpaired) electrons. The molecule has 1 aromatic rings. The fourth-order valence-electron chi connectivity index (χ4n) is 1.48. The van der Waals surface area contributed by atoms with Gasteiger partial charge in [-0.05, 0) is 27.9 Å². The first-order chi connectivity index (χ1) is 7.36. The first-order valence-corrected chi connectivity index (χ1v) is 5.80. The van der Waals surface area contributed by atoms with Gasteiger partial charge in [-0.25, -0.2) is 0 Å². The number of hydrogen-bond donors (Lipinski definition) is 1. The Bertz CT molecular complexity index is 371. The highest BCUT2D eigenvalue weighted by atomic mass is 79.9. The minimum absolute atomic E-state index is 0.713. The Hall–Kier alpha value is -0.760. The first kappa shape index (κ1) is 10.7. The molecule has 0 aromatic carbocycles. The van der Waals surface area contributed by atoms with Gasteiger partial charge in [-0.15, -0.1) is 0 Å². The minimum atomic E-state index is 0.713. The molecule has 0 unspecified atom stereocenters. The third kappa shape index (κ3) is 3.10. The molecule has 1 fully saturated rings. The van der Waals surface area contributed by atoms with Gasteiger partial charge in [0.1, 0.15) is 0 Å². The molecule has 0 saturated carbocycles. The second kappa shape index (κ2) is 5.36. The van der Waals surface area contributed by atoms with E-state index in [2.05, 4.69) is 38.0 Å². The zero-order valence-electron chi connectivity index (χ0n) is 8.42. The van der Waals surface area contributed by atoms with E-state index >= 15 is 0 Å². The van der Waals surface area contributed by atoms with E-state index in [1.165, 1.54) is 0 Å². The van der Waals surface area contributed by atoms with Crippen molar-refractivity contribution in [2.45, 2.75) is 0 Å². The number of hydrogen-bond acceptors (Lipinski definition) is 3. The van der Waals surface area contributed by atoms with Crippen molar-refractivity contribution in [3.8, 4) is 11.8 Å². The van der Waals surface area contributed by atoms with E-state index in [1.807, 2.05) is 6.07 Å². The maximum atomic E-state index is 5.20. The van der Waals surface area contributed by atoms with Crippen molar-refractivity contribution in [2.75, 3.05) is 32.7 Å². The predicted octanol–water partition coefficient (Wildman–Crippen LogP) is 1.30. The van der Waals surface area contributed by atoms with Crippen molar-refractivity contribution in [3.63, 3.8) is 0 Å². The zero-order valence-corrected chi connectivity index (χ0v) is 10.0. The normalized spacial score (nSPS) is 17.1. The van der Waals surface area contributed by atoms with Crippen molar-refractivity contribution in [1.29, 1.82) is 0 Å². The zero-order chi connectivity index (χ0) is 10.5. The molecule has 0 amide bonds. The molecule has 0 spiro atoms. The molecule has 0 atom stereocenters. The second-order valence-corrected chi connectivity index (χ2v) is 4.28. The molecule has 2 rings (SSSR count).